The molecule has 0 heterocycles. The van der Waals surface area contributed by atoms with Crippen LogP contribution in [0.25, 0.3) is 0 Å². The molecule has 4 nitrogen and oxygen atoms in total. The van der Waals surface area contributed by atoms with Crippen LogP contribution in [0, 0.1) is 6.92 Å². The molecule has 0 aliphatic carbocycles. The molecular formula is C12H16O4S. The monoisotopic (exact) mass is 256 g/mol. The van der Waals surface area contributed by atoms with Gasteiger partial charge in [-0.05, 0) is 38.8 Å². The molecule has 94 valence electrons. The van der Waals surface area contributed by atoms with E-state index in [1.165, 1.54) is 20.8 Å². The third-order valence-corrected chi connectivity index (χ3v) is 4.52. The van der Waals surface area contributed by atoms with Crippen LogP contribution in [0.4, 0.5) is 0 Å². The minimum atomic E-state index is -4.23. The molecule has 1 aromatic carbocycles. The van der Waals surface area contributed by atoms with E-state index in [2.05, 4.69) is 0 Å². The van der Waals surface area contributed by atoms with E-state index in [9.17, 15) is 17.8 Å². The summed E-state index contributed by atoms with van der Waals surface area (Å²) in [6.45, 7) is 5.93. The van der Waals surface area contributed by atoms with Crippen LogP contribution in [0.1, 0.15) is 42.3 Å². The van der Waals surface area contributed by atoms with Gasteiger partial charge in [0.2, 0.25) is 0 Å². The van der Waals surface area contributed by atoms with E-state index < -0.39 is 14.9 Å². The van der Waals surface area contributed by atoms with Crippen molar-refractivity contribution in [3.63, 3.8) is 0 Å². The molecule has 0 aromatic heterocycles. The Morgan fingerprint density at radius 2 is 1.82 bits per heavy atom. The molecule has 0 aliphatic heterocycles. The minimum absolute atomic E-state index is 0.129. The smallest absolute Gasteiger partial charge is 0.274 e. The SMILES string of the molecule is CC(=O)c1cccc(C(C)(C)S(=O)(=O)O)c1C. The highest BCUT2D eigenvalue weighted by molar-refractivity contribution is 7.86. The van der Waals surface area contributed by atoms with Gasteiger partial charge in [-0.3, -0.25) is 9.35 Å². The quantitative estimate of drug-likeness (QED) is 0.665. The first kappa shape index (κ1) is 13.9. The topological polar surface area (TPSA) is 71.4 Å². The van der Waals surface area contributed by atoms with E-state index in [0.29, 0.717) is 16.7 Å². The highest BCUT2D eigenvalue weighted by atomic mass is 32.2. The van der Waals surface area contributed by atoms with Gasteiger partial charge in [0.1, 0.15) is 4.75 Å². The predicted octanol–water partition coefficient (Wildman–Crippen LogP) is 2.32. The molecule has 1 aromatic rings. The van der Waals surface area contributed by atoms with Gasteiger partial charge in [0.25, 0.3) is 10.1 Å². The van der Waals surface area contributed by atoms with Crippen molar-refractivity contribution in [2.45, 2.75) is 32.4 Å². The Hall–Kier alpha value is -1.20. The summed E-state index contributed by atoms with van der Waals surface area (Å²) in [6.07, 6.45) is 0. The van der Waals surface area contributed by atoms with E-state index in [4.69, 9.17) is 0 Å². The zero-order valence-electron chi connectivity index (χ0n) is 10.3. The number of hydrogen-bond donors (Lipinski definition) is 1. The van der Waals surface area contributed by atoms with E-state index in [1.54, 1.807) is 25.1 Å². The maximum absolute atomic E-state index is 11.4. The highest BCUT2D eigenvalue weighted by Crippen LogP contribution is 2.32. The molecule has 0 fully saturated rings. The Kier molecular flexibility index (Phi) is 3.45. The summed E-state index contributed by atoms with van der Waals surface area (Å²) >= 11 is 0. The lowest BCUT2D eigenvalue weighted by molar-refractivity contribution is 0.101. The molecule has 1 N–H and O–H groups in total. The number of carbonyl (C=O) groups excluding carboxylic acids is 1. The largest absolute Gasteiger partial charge is 0.295 e. The molecule has 0 amide bonds. The van der Waals surface area contributed by atoms with Crippen LogP contribution >= 0.6 is 0 Å². The second-order valence-corrected chi connectivity index (χ2v) is 6.49. The fourth-order valence-electron chi connectivity index (χ4n) is 1.81. The lowest BCUT2D eigenvalue weighted by Crippen LogP contribution is -2.29. The second-order valence-electron chi connectivity index (χ2n) is 4.52. The lowest BCUT2D eigenvalue weighted by Gasteiger charge is -2.24. The van der Waals surface area contributed by atoms with Gasteiger partial charge < -0.3 is 0 Å². The lowest BCUT2D eigenvalue weighted by atomic mass is 9.92. The van der Waals surface area contributed by atoms with Gasteiger partial charge in [0.05, 0.1) is 0 Å². The average Bonchev–Trinajstić information content (AvgIpc) is 2.15. The Morgan fingerprint density at radius 1 is 1.29 bits per heavy atom. The van der Waals surface area contributed by atoms with Gasteiger partial charge >= 0.3 is 0 Å². The summed E-state index contributed by atoms with van der Waals surface area (Å²) < 4.78 is 30.5. The van der Waals surface area contributed by atoms with Gasteiger partial charge in [0, 0.05) is 5.56 Å². The van der Waals surface area contributed by atoms with Crippen LogP contribution in [0.5, 0.6) is 0 Å². The molecule has 0 radical (unpaired) electrons. The summed E-state index contributed by atoms with van der Waals surface area (Å²) in [4.78, 5) is 11.4. The average molecular weight is 256 g/mol. The van der Waals surface area contributed by atoms with Gasteiger partial charge in [0.15, 0.2) is 5.78 Å². The summed E-state index contributed by atoms with van der Waals surface area (Å²) in [7, 11) is -4.23. The molecule has 0 spiro atoms. The molecule has 0 saturated carbocycles. The third kappa shape index (κ3) is 2.40. The van der Waals surface area contributed by atoms with Crippen LogP contribution < -0.4 is 0 Å². The highest BCUT2D eigenvalue weighted by Gasteiger charge is 2.36. The normalized spacial score (nSPS) is 12.5. The van der Waals surface area contributed by atoms with Crippen molar-refractivity contribution >= 4 is 15.9 Å². The van der Waals surface area contributed by atoms with Crippen LogP contribution in [0.3, 0.4) is 0 Å². The number of hydrogen-bond acceptors (Lipinski definition) is 3. The molecule has 0 atom stereocenters. The molecule has 0 aliphatic rings. The fourth-order valence-corrected chi connectivity index (χ4v) is 2.31. The van der Waals surface area contributed by atoms with E-state index >= 15 is 0 Å². The first-order valence-electron chi connectivity index (χ1n) is 5.17. The summed E-state index contributed by atoms with van der Waals surface area (Å²) in [6, 6.07) is 4.86. The molecule has 1 rings (SSSR count). The van der Waals surface area contributed by atoms with E-state index in [1.807, 2.05) is 0 Å². The fraction of sp³-hybridized carbons (Fsp3) is 0.417. The van der Waals surface area contributed by atoms with Crippen LogP contribution in [-0.2, 0) is 14.9 Å². The summed E-state index contributed by atoms with van der Waals surface area (Å²) in [5.41, 5.74) is 1.49. The molecule has 0 bridgehead atoms. The number of carbonyl (C=O) groups is 1. The van der Waals surface area contributed by atoms with Crippen LogP contribution in [0.15, 0.2) is 18.2 Å². The standard InChI is InChI=1S/C12H16O4S/c1-8-10(9(2)13)6-5-7-11(8)12(3,4)17(14,15)16/h5-7H,1-4H3,(H,14,15,16). The second kappa shape index (κ2) is 4.23. The first-order valence-corrected chi connectivity index (χ1v) is 6.61. The molecule has 5 heteroatoms. The number of benzene rings is 1. The molecule has 17 heavy (non-hydrogen) atoms. The van der Waals surface area contributed by atoms with Gasteiger partial charge in [-0.15, -0.1) is 0 Å². The zero-order valence-corrected chi connectivity index (χ0v) is 11.1. The predicted molar refractivity (Wildman–Crippen MR) is 65.8 cm³/mol. The number of Topliss-reactive ketones (excluding diaryl/α,β-unsaturated/α-hetero) is 1. The zero-order chi connectivity index (χ0) is 13.4. The van der Waals surface area contributed by atoms with Crippen molar-refractivity contribution in [3.05, 3.63) is 34.9 Å². The van der Waals surface area contributed by atoms with Gasteiger partial charge in [-0.25, -0.2) is 0 Å². The summed E-state index contributed by atoms with van der Waals surface area (Å²) in [5.74, 6) is -0.129. The van der Waals surface area contributed by atoms with Crippen molar-refractivity contribution in [3.8, 4) is 0 Å². The van der Waals surface area contributed by atoms with Crippen molar-refractivity contribution < 1.29 is 17.8 Å². The molecule has 0 unspecified atom stereocenters. The number of rotatable bonds is 3. The number of ketones is 1. The summed E-state index contributed by atoms with van der Waals surface area (Å²) in [5, 5.41) is 0. The van der Waals surface area contributed by atoms with Crippen molar-refractivity contribution in [2.24, 2.45) is 0 Å². The van der Waals surface area contributed by atoms with Crippen molar-refractivity contribution in [1.82, 2.24) is 0 Å². The Morgan fingerprint density at radius 3 is 2.24 bits per heavy atom. The minimum Gasteiger partial charge on any atom is -0.295 e. The molecule has 0 saturated heterocycles. The van der Waals surface area contributed by atoms with Gasteiger partial charge in [-0.1, -0.05) is 18.2 Å². The van der Waals surface area contributed by atoms with E-state index in [-0.39, 0.29) is 5.78 Å². The Balaban J connectivity index is 3.55. The van der Waals surface area contributed by atoms with Crippen molar-refractivity contribution in [2.75, 3.05) is 0 Å². The Labute approximate surface area is 101 Å². The van der Waals surface area contributed by atoms with E-state index in [0.717, 1.165) is 0 Å². The molecular weight excluding hydrogens is 240 g/mol. The van der Waals surface area contributed by atoms with Crippen LogP contribution in [-0.4, -0.2) is 18.8 Å². The Bertz CT molecular complexity index is 556. The van der Waals surface area contributed by atoms with Crippen molar-refractivity contribution in [1.29, 1.82) is 0 Å². The maximum Gasteiger partial charge on any atom is 0.274 e. The maximum atomic E-state index is 11.4. The van der Waals surface area contributed by atoms with Gasteiger partial charge in [-0.2, -0.15) is 8.42 Å². The first-order chi connectivity index (χ1) is 7.59. The van der Waals surface area contributed by atoms with Crippen LogP contribution in [0.2, 0.25) is 0 Å². The third-order valence-electron chi connectivity index (χ3n) is 3.01.